The number of carboxylic acids is 1. The van der Waals surface area contributed by atoms with Crippen molar-refractivity contribution in [3.05, 3.63) is 54.0 Å². The summed E-state index contributed by atoms with van der Waals surface area (Å²) in [5, 5.41) is 23.3. The Hall–Kier alpha value is -2.73. The monoisotopic (exact) mass is 283 g/mol. The number of aliphatic hydroxyl groups is 1. The number of hydrogen-bond donors (Lipinski definition) is 2. The van der Waals surface area contributed by atoms with Crippen LogP contribution in [-0.4, -0.2) is 37.6 Å². The molecule has 0 fully saturated rings. The molecule has 0 spiro atoms. The summed E-state index contributed by atoms with van der Waals surface area (Å²) in [6.45, 7) is -0.125. The molecule has 0 radical (unpaired) electrons. The van der Waals surface area contributed by atoms with Gasteiger partial charge < -0.3 is 10.2 Å². The molecule has 0 unspecified atom stereocenters. The second-order valence-electron chi connectivity index (χ2n) is 4.58. The molecule has 1 aromatic carbocycles. The fourth-order valence-electron chi connectivity index (χ4n) is 2.29. The SMILES string of the molecule is O=C(O)c1nn(-c2cccc3cccnc23)cc1CCO. The molecule has 6 nitrogen and oxygen atoms in total. The zero-order valence-corrected chi connectivity index (χ0v) is 11.1. The zero-order chi connectivity index (χ0) is 14.8. The first-order valence-corrected chi connectivity index (χ1v) is 6.47. The number of para-hydroxylation sites is 1. The van der Waals surface area contributed by atoms with Crippen molar-refractivity contribution in [2.75, 3.05) is 6.61 Å². The van der Waals surface area contributed by atoms with Gasteiger partial charge in [0.15, 0.2) is 5.69 Å². The van der Waals surface area contributed by atoms with E-state index in [-0.39, 0.29) is 18.7 Å². The Morgan fingerprint density at radius 2 is 2.05 bits per heavy atom. The number of aromatic carboxylic acids is 1. The number of carbonyl (C=O) groups is 1. The minimum atomic E-state index is -1.11. The van der Waals surface area contributed by atoms with Crippen LogP contribution in [0.15, 0.2) is 42.7 Å². The minimum Gasteiger partial charge on any atom is -0.476 e. The second kappa shape index (κ2) is 5.34. The normalized spacial score (nSPS) is 10.9. The highest BCUT2D eigenvalue weighted by atomic mass is 16.4. The van der Waals surface area contributed by atoms with Crippen LogP contribution in [0.25, 0.3) is 16.6 Å². The Labute approximate surface area is 120 Å². The summed E-state index contributed by atoms with van der Waals surface area (Å²) in [5.74, 6) is -1.11. The molecule has 106 valence electrons. The largest absolute Gasteiger partial charge is 0.476 e. The topological polar surface area (TPSA) is 88.2 Å². The molecule has 6 heteroatoms. The number of aromatic nitrogens is 3. The van der Waals surface area contributed by atoms with Crippen LogP contribution in [-0.2, 0) is 6.42 Å². The number of benzene rings is 1. The molecular formula is C15H13N3O3. The minimum absolute atomic E-state index is 0.0445. The van der Waals surface area contributed by atoms with E-state index in [1.54, 1.807) is 12.4 Å². The van der Waals surface area contributed by atoms with Crippen LogP contribution in [0, 0.1) is 0 Å². The van der Waals surface area contributed by atoms with Gasteiger partial charge in [0.05, 0.1) is 11.2 Å². The van der Waals surface area contributed by atoms with Gasteiger partial charge >= 0.3 is 5.97 Å². The van der Waals surface area contributed by atoms with Gasteiger partial charge in [0.1, 0.15) is 0 Å². The van der Waals surface area contributed by atoms with Gasteiger partial charge in [-0.05, 0) is 18.6 Å². The molecule has 0 atom stereocenters. The molecule has 3 rings (SSSR count). The average Bonchev–Trinajstić information content (AvgIpc) is 2.91. The van der Waals surface area contributed by atoms with E-state index < -0.39 is 5.97 Å². The summed E-state index contributed by atoms with van der Waals surface area (Å²) in [6, 6.07) is 9.41. The van der Waals surface area contributed by atoms with Crippen molar-refractivity contribution in [1.29, 1.82) is 0 Å². The van der Waals surface area contributed by atoms with Crippen molar-refractivity contribution in [2.45, 2.75) is 6.42 Å². The van der Waals surface area contributed by atoms with Crippen LogP contribution >= 0.6 is 0 Å². The number of carboxylic acid groups (broad SMARTS) is 1. The fourth-order valence-corrected chi connectivity index (χ4v) is 2.29. The third kappa shape index (κ3) is 2.36. The highest BCUT2D eigenvalue weighted by Gasteiger charge is 2.17. The van der Waals surface area contributed by atoms with Gasteiger partial charge in [0.25, 0.3) is 0 Å². The molecule has 2 N–H and O–H groups in total. The van der Waals surface area contributed by atoms with E-state index in [2.05, 4.69) is 10.1 Å². The van der Waals surface area contributed by atoms with Crippen molar-refractivity contribution < 1.29 is 15.0 Å². The first kappa shape index (κ1) is 13.3. The summed E-state index contributed by atoms with van der Waals surface area (Å²) < 4.78 is 1.50. The molecular weight excluding hydrogens is 270 g/mol. The molecule has 0 aliphatic carbocycles. The molecule has 21 heavy (non-hydrogen) atoms. The molecule has 0 saturated heterocycles. The van der Waals surface area contributed by atoms with Crippen LogP contribution < -0.4 is 0 Å². The van der Waals surface area contributed by atoms with Crippen LogP contribution in [0.3, 0.4) is 0 Å². The van der Waals surface area contributed by atoms with E-state index in [9.17, 15) is 9.90 Å². The maximum atomic E-state index is 11.2. The van der Waals surface area contributed by atoms with Gasteiger partial charge in [-0.25, -0.2) is 9.48 Å². The van der Waals surface area contributed by atoms with Crippen LogP contribution in [0.4, 0.5) is 0 Å². The van der Waals surface area contributed by atoms with E-state index in [0.717, 1.165) is 10.9 Å². The van der Waals surface area contributed by atoms with Crippen molar-refractivity contribution in [3.63, 3.8) is 0 Å². The van der Waals surface area contributed by atoms with Crippen LogP contribution in [0.1, 0.15) is 16.1 Å². The van der Waals surface area contributed by atoms with E-state index >= 15 is 0 Å². The summed E-state index contributed by atoms with van der Waals surface area (Å²) in [4.78, 5) is 15.6. The van der Waals surface area contributed by atoms with Gasteiger partial charge in [-0.15, -0.1) is 0 Å². The predicted octanol–water partition coefficient (Wildman–Crippen LogP) is 1.65. The first-order valence-electron chi connectivity index (χ1n) is 6.47. The van der Waals surface area contributed by atoms with Crippen molar-refractivity contribution in [3.8, 4) is 5.69 Å². The van der Waals surface area contributed by atoms with Crippen LogP contribution in [0.5, 0.6) is 0 Å². The molecule has 0 saturated carbocycles. The van der Waals surface area contributed by atoms with Crippen LogP contribution in [0.2, 0.25) is 0 Å². The maximum absolute atomic E-state index is 11.2. The Balaban J connectivity index is 2.19. The molecule has 3 aromatic rings. The zero-order valence-electron chi connectivity index (χ0n) is 11.1. The lowest BCUT2D eigenvalue weighted by Crippen LogP contribution is -2.04. The summed E-state index contributed by atoms with van der Waals surface area (Å²) >= 11 is 0. The highest BCUT2D eigenvalue weighted by molar-refractivity contribution is 5.88. The number of nitrogens with zero attached hydrogens (tertiary/aromatic N) is 3. The third-order valence-corrected chi connectivity index (χ3v) is 3.23. The number of rotatable bonds is 4. The molecule has 2 heterocycles. The third-order valence-electron chi connectivity index (χ3n) is 3.23. The van der Waals surface area contributed by atoms with E-state index in [1.165, 1.54) is 4.68 Å². The average molecular weight is 283 g/mol. The van der Waals surface area contributed by atoms with E-state index in [1.807, 2.05) is 30.3 Å². The van der Waals surface area contributed by atoms with E-state index in [4.69, 9.17) is 5.11 Å². The lowest BCUT2D eigenvalue weighted by atomic mass is 10.2. The van der Waals surface area contributed by atoms with Gasteiger partial charge in [0, 0.05) is 30.0 Å². The molecule has 0 amide bonds. The van der Waals surface area contributed by atoms with Gasteiger partial charge in [-0.1, -0.05) is 18.2 Å². The molecule has 0 aliphatic heterocycles. The quantitative estimate of drug-likeness (QED) is 0.760. The van der Waals surface area contributed by atoms with Gasteiger partial charge in [-0.2, -0.15) is 5.10 Å². The van der Waals surface area contributed by atoms with Gasteiger partial charge in [0.2, 0.25) is 0 Å². The first-order chi connectivity index (χ1) is 10.2. The smallest absolute Gasteiger partial charge is 0.356 e. The number of fused-ring (bicyclic) bond motifs is 1. The summed E-state index contributed by atoms with van der Waals surface area (Å²) in [7, 11) is 0. The fraction of sp³-hybridized carbons (Fsp3) is 0.133. The Bertz CT molecular complexity index is 806. The lowest BCUT2D eigenvalue weighted by Gasteiger charge is -2.05. The molecule has 0 bridgehead atoms. The van der Waals surface area contributed by atoms with Gasteiger partial charge in [-0.3, -0.25) is 4.98 Å². The Morgan fingerprint density at radius 1 is 1.24 bits per heavy atom. The van der Waals surface area contributed by atoms with Crippen molar-refractivity contribution >= 4 is 16.9 Å². The van der Waals surface area contributed by atoms with Crippen molar-refractivity contribution in [1.82, 2.24) is 14.8 Å². The summed E-state index contributed by atoms with van der Waals surface area (Å²) in [6.07, 6.45) is 3.56. The van der Waals surface area contributed by atoms with Crippen molar-refractivity contribution in [2.24, 2.45) is 0 Å². The molecule has 2 aromatic heterocycles. The Morgan fingerprint density at radius 3 is 2.81 bits per heavy atom. The van der Waals surface area contributed by atoms with E-state index in [0.29, 0.717) is 11.3 Å². The Kier molecular flexibility index (Phi) is 3.37. The highest BCUT2D eigenvalue weighted by Crippen LogP contribution is 2.21. The predicted molar refractivity (Wildman–Crippen MR) is 76.6 cm³/mol. The second-order valence-corrected chi connectivity index (χ2v) is 4.58. The standard InChI is InChI=1S/C15H13N3O3/c19-8-6-11-9-18(17-14(11)15(20)21)12-5-1-3-10-4-2-7-16-13(10)12/h1-5,7,9,19H,6,8H2,(H,20,21). The molecule has 0 aliphatic rings. The number of pyridine rings is 1. The number of hydrogen-bond acceptors (Lipinski definition) is 4. The lowest BCUT2D eigenvalue weighted by molar-refractivity contribution is 0.0688. The number of aliphatic hydroxyl groups excluding tert-OH is 1. The summed E-state index contributed by atoms with van der Waals surface area (Å²) in [5.41, 5.74) is 1.91. The maximum Gasteiger partial charge on any atom is 0.356 e.